The van der Waals surface area contributed by atoms with Crippen molar-refractivity contribution < 1.29 is 14.7 Å². The first-order chi connectivity index (χ1) is 12.4. The smallest absolute Gasteiger partial charge is 0.330 e. The number of carboxylic acids is 1. The Bertz CT molecular complexity index is 823. The summed E-state index contributed by atoms with van der Waals surface area (Å²) >= 11 is 1.56. The van der Waals surface area contributed by atoms with Gasteiger partial charge in [-0.25, -0.2) is 4.79 Å². The van der Waals surface area contributed by atoms with Crippen LogP contribution in [0.4, 0.5) is 0 Å². The Morgan fingerprint density at radius 3 is 2.54 bits per heavy atom. The van der Waals surface area contributed by atoms with Crippen molar-refractivity contribution in [2.75, 3.05) is 11.5 Å². The van der Waals surface area contributed by atoms with Gasteiger partial charge in [0.15, 0.2) is 0 Å². The lowest BCUT2D eigenvalue weighted by Gasteiger charge is -2.24. The number of amides is 1. The molecule has 1 saturated heterocycles. The highest BCUT2D eigenvalue weighted by Crippen LogP contribution is 2.30. The van der Waals surface area contributed by atoms with Gasteiger partial charge in [0.2, 0.25) is 0 Å². The summed E-state index contributed by atoms with van der Waals surface area (Å²) in [6.45, 7) is 5.99. The summed E-state index contributed by atoms with van der Waals surface area (Å²) in [6.07, 6.45) is 0.456. The standard InChI is InChI=1S/C20H24N2O3S/c1-13-11-17(18(23)21-20(19(24)25)9-10-26-12-20)15(3)22(13)14(2)16-7-5-4-6-8-16/h4-8,11,14H,9-10,12H2,1-3H3,(H,21,23)(H,24,25). The molecule has 0 aliphatic carbocycles. The first-order valence-corrected chi connectivity index (χ1v) is 9.88. The molecule has 0 spiro atoms. The van der Waals surface area contributed by atoms with Gasteiger partial charge in [0, 0.05) is 17.1 Å². The van der Waals surface area contributed by atoms with Crippen molar-refractivity contribution in [2.24, 2.45) is 0 Å². The summed E-state index contributed by atoms with van der Waals surface area (Å²) in [5, 5.41) is 12.4. The predicted molar refractivity (Wildman–Crippen MR) is 104 cm³/mol. The Balaban J connectivity index is 1.90. The molecule has 0 bridgehead atoms. The molecule has 1 aromatic carbocycles. The topological polar surface area (TPSA) is 71.3 Å². The van der Waals surface area contributed by atoms with Crippen LogP contribution >= 0.6 is 11.8 Å². The largest absolute Gasteiger partial charge is 0.479 e. The van der Waals surface area contributed by atoms with Crippen LogP contribution < -0.4 is 5.32 Å². The highest BCUT2D eigenvalue weighted by atomic mass is 32.2. The van der Waals surface area contributed by atoms with Crippen molar-refractivity contribution in [1.82, 2.24) is 9.88 Å². The van der Waals surface area contributed by atoms with Crippen LogP contribution in [0.25, 0.3) is 0 Å². The number of hydrogen-bond donors (Lipinski definition) is 2. The third-order valence-electron chi connectivity index (χ3n) is 5.18. The second-order valence-electron chi connectivity index (χ2n) is 6.89. The number of rotatable bonds is 5. The molecule has 1 aliphatic rings. The van der Waals surface area contributed by atoms with Gasteiger partial charge in [-0.1, -0.05) is 30.3 Å². The maximum absolute atomic E-state index is 12.9. The molecule has 2 aromatic rings. The second-order valence-corrected chi connectivity index (χ2v) is 7.99. The van der Waals surface area contributed by atoms with E-state index in [1.54, 1.807) is 11.8 Å². The Labute approximate surface area is 157 Å². The summed E-state index contributed by atoms with van der Waals surface area (Å²) in [5.74, 6) is -0.110. The van der Waals surface area contributed by atoms with Gasteiger partial charge < -0.3 is 15.0 Å². The number of nitrogens with zero attached hydrogens (tertiary/aromatic N) is 1. The van der Waals surface area contributed by atoms with Crippen LogP contribution in [0.2, 0.25) is 0 Å². The fourth-order valence-corrected chi connectivity index (χ4v) is 4.98. The van der Waals surface area contributed by atoms with E-state index in [1.807, 2.05) is 38.1 Å². The van der Waals surface area contributed by atoms with E-state index in [0.717, 1.165) is 22.7 Å². The average molecular weight is 372 g/mol. The van der Waals surface area contributed by atoms with Gasteiger partial charge in [0.1, 0.15) is 5.54 Å². The Morgan fingerprint density at radius 1 is 1.27 bits per heavy atom. The minimum atomic E-state index is -1.16. The van der Waals surface area contributed by atoms with Crippen LogP contribution in [0.1, 0.15) is 46.7 Å². The third kappa shape index (κ3) is 3.26. The van der Waals surface area contributed by atoms with Crippen molar-refractivity contribution >= 4 is 23.6 Å². The molecule has 1 aliphatic heterocycles. The molecule has 1 amide bonds. The first kappa shape index (κ1) is 18.6. The minimum Gasteiger partial charge on any atom is -0.479 e. The summed E-state index contributed by atoms with van der Waals surface area (Å²) in [5.41, 5.74) is 2.38. The number of carbonyl (C=O) groups excluding carboxylic acids is 1. The van der Waals surface area contributed by atoms with Crippen molar-refractivity contribution in [3.8, 4) is 0 Å². The van der Waals surface area contributed by atoms with Gasteiger partial charge in [-0.05, 0) is 44.6 Å². The van der Waals surface area contributed by atoms with Crippen LogP contribution in [-0.2, 0) is 4.79 Å². The van der Waals surface area contributed by atoms with E-state index >= 15 is 0 Å². The summed E-state index contributed by atoms with van der Waals surface area (Å²) < 4.78 is 2.13. The normalized spacial score (nSPS) is 20.7. The van der Waals surface area contributed by atoms with E-state index in [2.05, 4.69) is 28.9 Å². The quantitative estimate of drug-likeness (QED) is 0.844. The van der Waals surface area contributed by atoms with Crippen molar-refractivity contribution in [2.45, 2.75) is 38.8 Å². The van der Waals surface area contributed by atoms with Gasteiger partial charge in [-0.15, -0.1) is 0 Å². The van der Waals surface area contributed by atoms with E-state index < -0.39 is 11.5 Å². The molecule has 0 saturated carbocycles. The molecular weight excluding hydrogens is 348 g/mol. The van der Waals surface area contributed by atoms with E-state index in [-0.39, 0.29) is 11.9 Å². The molecule has 6 heteroatoms. The molecule has 1 aromatic heterocycles. The molecule has 138 valence electrons. The molecular formula is C20H24N2O3S. The highest BCUT2D eigenvalue weighted by molar-refractivity contribution is 7.99. The molecule has 2 N–H and O–H groups in total. The fourth-order valence-electron chi connectivity index (χ4n) is 3.65. The molecule has 0 radical (unpaired) electrons. The number of nitrogens with one attached hydrogen (secondary N) is 1. The molecule has 2 heterocycles. The lowest BCUT2D eigenvalue weighted by Crippen LogP contribution is -2.54. The monoisotopic (exact) mass is 372 g/mol. The molecule has 2 unspecified atom stereocenters. The van der Waals surface area contributed by atoms with Crippen LogP contribution in [0.5, 0.6) is 0 Å². The summed E-state index contributed by atoms with van der Waals surface area (Å²) in [4.78, 5) is 24.6. The fraction of sp³-hybridized carbons (Fsp3) is 0.400. The van der Waals surface area contributed by atoms with Crippen molar-refractivity contribution in [3.05, 3.63) is 58.9 Å². The Kier molecular flexibility index (Phi) is 5.14. The van der Waals surface area contributed by atoms with Gasteiger partial charge in [-0.2, -0.15) is 11.8 Å². The zero-order chi connectivity index (χ0) is 18.9. The lowest BCUT2D eigenvalue weighted by atomic mass is 9.98. The minimum absolute atomic E-state index is 0.0909. The number of aryl methyl sites for hydroxylation is 1. The number of thioether (sulfide) groups is 1. The maximum atomic E-state index is 12.9. The zero-order valence-electron chi connectivity index (χ0n) is 15.3. The number of aliphatic carboxylic acids is 1. The van der Waals surface area contributed by atoms with Crippen LogP contribution in [0.3, 0.4) is 0 Å². The van der Waals surface area contributed by atoms with Crippen LogP contribution in [0, 0.1) is 13.8 Å². The molecule has 3 rings (SSSR count). The molecule has 1 fully saturated rings. The van der Waals surface area contributed by atoms with E-state index in [1.165, 1.54) is 0 Å². The lowest BCUT2D eigenvalue weighted by molar-refractivity contribution is -0.143. The second kappa shape index (κ2) is 7.19. The van der Waals surface area contributed by atoms with Crippen molar-refractivity contribution in [1.29, 1.82) is 0 Å². The zero-order valence-corrected chi connectivity index (χ0v) is 16.1. The first-order valence-electron chi connectivity index (χ1n) is 8.73. The molecule has 5 nitrogen and oxygen atoms in total. The number of aromatic nitrogens is 1. The average Bonchev–Trinajstić information content (AvgIpc) is 3.20. The number of carboxylic acid groups (broad SMARTS) is 1. The number of hydrogen-bond acceptors (Lipinski definition) is 3. The van der Waals surface area contributed by atoms with Gasteiger partial charge >= 0.3 is 5.97 Å². The van der Waals surface area contributed by atoms with Crippen LogP contribution in [-0.4, -0.2) is 38.6 Å². The third-order valence-corrected chi connectivity index (χ3v) is 6.37. The summed E-state index contributed by atoms with van der Waals surface area (Å²) in [7, 11) is 0. The van der Waals surface area contributed by atoms with E-state index in [4.69, 9.17) is 0 Å². The number of carbonyl (C=O) groups is 2. The Morgan fingerprint density at radius 2 is 1.96 bits per heavy atom. The molecule has 26 heavy (non-hydrogen) atoms. The SMILES string of the molecule is Cc1cc(C(=O)NC2(C(=O)O)CCSC2)c(C)n1C(C)c1ccccc1. The van der Waals surface area contributed by atoms with E-state index in [0.29, 0.717) is 17.7 Å². The van der Waals surface area contributed by atoms with Gasteiger partial charge in [0.25, 0.3) is 5.91 Å². The van der Waals surface area contributed by atoms with Crippen molar-refractivity contribution in [3.63, 3.8) is 0 Å². The summed E-state index contributed by atoms with van der Waals surface area (Å²) in [6, 6.07) is 12.1. The maximum Gasteiger partial charge on any atom is 0.330 e. The highest BCUT2D eigenvalue weighted by Gasteiger charge is 2.43. The van der Waals surface area contributed by atoms with Crippen LogP contribution in [0.15, 0.2) is 36.4 Å². The van der Waals surface area contributed by atoms with Gasteiger partial charge in [0.05, 0.1) is 11.6 Å². The predicted octanol–water partition coefficient (Wildman–Crippen LogP) is 3.40. The molecule has 2 atom stereocenters. The van der Waals surface area contributed by atoms with E-state index in [9.17, 15) is 14.7 Å². The Hall–Kier alpha value is -2.21. The number of benzene rings is 1. The van der Waals surface area contributed by atoms with Gasteiger partial charge in [-0.3, -0.25) is 4.79 Å².